The molecule has 9 heteroatoms. The molecule has 0 unspecified atom stereocenters. The van der Waals surface area contributed by atoms with E-state index in [4.69, 9.17) is 4.74 Å². The molecule has 0 bridgehead atoms. The normalized spacial score (nSPS) is 11.8. The number of ether oxygens (including phenoxy) is 1. The number of hydrogen-bond acceptors (Lipinski definition) is 5. The Hall–Kier alpha value is -2.91. The smallest absolute Gasteiger partial charge is 0.242 e. The molecule has 0 fully saturated rings. The van der Waals surface area contributed by atoms with Gasteiger partial charge >= 0.3 is 0 Å². The third-order valence-corrected chi connectivity index (χ3v) is 7.41. The zero-order valence-corrected chi connectivity index (χ0v) is 20.7. The number of fused-ring (bicyclic) bond motifs is 1. The second-order valence-electron chi connectivity index (χ2n) is 8.19. The summed E-state index contributed by atoms with van der Waals surface area (Å²) in [6.07, 6.45) is 0.785. The molecule has 178 valence electrons. The zero-order valence-electron chi connectivity index (χ0n) is 19.9. The van der Waals surface area contributed by atoms with Gasteiger partial charge in [-0.15, -0.1) is 0 Å². The van der Waals surface area contributed by atoms with Crippen LogP contribution in [-0.4, -0.2) is 67.4 Å². The van der Waals surface area contributed by atoms with Crippen LogP contribution in [0.1, 0.15) is 24.7 Å². The van der Waals surface area contributed by atoms with E-state index in [2.05, 4.69) is 4.98 Å². The lowest BCUT2D eigenvalue weighted by Gasteiger charge is -2.17. The predicted molar refractivity (Wildman–Crippen MR) is 129 cm³/mol. The van der Waals surface area contributed by atoms with Gasteiger partial charge in [0.1, 0.15) is 18.2 Å². The molecule has 2 aromatic carbocycles. The van der Waals surface area contributed by atoms with E-state index in [9.17, 15) is 13.2 Å². The molecule has 3 aromatic rings. The maximum absolute atomic E-state index is 12.6. The average Bonchev–Trinajstić information content (AvgIpc) is 3.15. The third-order valence-electron chi connectivity index (χ3n) is 5.60. The standard InChI is InChI=1S/C24H32N4O4S/c1-6-28-22-12-11-20(33(30,31)26(3)4)17-21(22)25-23(28)13-14-24(29)27(5)15-16-32-19-9-7-18(2)8-10-19/h7-12,17H,6,13-16H2,1-5H3. The first-order valence-electron chi connectivity index (χ1n) is 11.0. The van der Waals surface area contributed by atoms with Crippen LogP contribution in [0.4, 0.5) is 0 Å². The molecule has 0 saturated heterocycles. The summed E-state index contributed by atoms with van der Waals surface area (Å²) in [6, 6.07) is 12.8. The molecule has 0 atom stereocenters. The van der Waals surface area contributed by atoms with Gasteiger partial charge in [0, 0.05) is 40.5 Å². The number of aryl methyl sites for hydroxylation is 3. The Morgan fingerprint density at radius 1 is 1.09 bits per heavy atom. The number of likely N-dealkylation sites (N-methyl/N-ethyl adjacent to an activating group) is 1. The number of aromatic nitrogens is 2. The largest absolute Gasteiger partial charge is 0.492 e. The highest BCUT2D eigenvalue weighted by Crippen LogP contribution is 2.23. The number of carbonyl (C=O) groups is 1. The summed E-state index contributed by atoms with van der Waals surface area (Å²) < 4.78 is 33.8. The highest BCUT2D eigenvalue weighted by atomic mass is 32.2. The van der Waals surface area contributed by atoms with Gasteiger partial charge in [-0.05, 0) is 44.2 Å². The van der Waals surface area contributed by atoms with Crippen molar-refractivity contribution < 1.29 is 17.9 Å². The van der Waals surface area contributed by atoms with Crippen LogP contribution in [-0.2, 0) is 27.8 Å². The fourth-order valence-electron chi connectivity index (χ4n) is 3.54. The van der Waals surface area contributed by atoms with Crippen LogP contribution in [0.25, 0.3) is 11.0 Å². The molecule has 1 heterocycles. The Bertz CT molecular complexity index is 1220. The predicted octanol–water partition coefficient (Wildman–Crippen LogP) is 3.08. The van der Waals surface area contributed by atoms with Crippen LogP contribution in [0, 0.1) is 6.92 Å². The summed E-state index contributed by atoms with van der Waals surface area (Å²) in [5.74, 6) is 1.56. The second-order valence-corrected chi connectivity index (χ2v) is 10.3. The Morgan fingerprint density at radius 2 is 1.79 bits per heavy atom. The van der Waals surface area contributed by atoms with E-state index in [-0.39, 0.29) is 10.8 Å². The number of sulfonamides is 1. The van der Waals surface area contributed by atoms with Crippen LogP contribution in [0.5, 0.6) is 5.75 Å². The molecule has 33 heavy (non-hydrogen) atoms. The van der Waals surface area contributed by atoms with E-state index in [1.54, 1.807) is 30.1 Å². The van der Waals surface area contributed by atoms with E-state index in [1.807, 2.05) is 42.7 Å². The minimum Gasteiger partial charge on any atom is -0.492 e. The highest BCUT2D eigenvalue weighted by molar-refractivity contribution is 7.89. The fourth-order valence-corrected chi connectivity index (χ4v) is 4.47. The monoisotopic (exact) mass is 472 g/mol. The van der Waals surface area contributed by atoms with Gasteiger partial charge in [-0.25, -0.2) is 17.7 Å². The second kappa shape index (κ2) is 10.4. The van der Waals surface area contributed by atoms with Gasteiger partial charge < -0.3 is 14.2 Å². The van der Waals surface area contributed by atoms with Gasteiger partial charge in [0.25, 0.3) is 0 Å². The van der Waals surface area contributed by atoms with Crippen molar-refractivity contribution in [2.24, 2.45) is 0 Å². The Kier molecular flexibility index (Phi) is 7.76. The SMILES string of the molecule is CCn1c(CCC(=O)N(C)CCOc2ccc(C)cc2)nc2cc(S(=O)(=O)N(C)C)ccc21. The van der Waals surface area contributed by atoms with Crippen LogP contribution < -0.4 is 4.74 Å². The topological polar surface area (TPSA) is 84.7 Å². The van der Waals surface area contributed by atoms with Crippen LogP contribution in [0.15, 0.2) is 47.4 Å². The Labute approximate surface area is 195 Å². The van der Waals surface area contributed by atoms with E-state index in [0.717, 1.165) is 17.1 Å². The maximum Gasteiger partial charge on any atom is 0.242 e. The highest BCUT2D eigenvalue weighted by Gasteiger charge is 2.20. The summed E-state index contributed by atoms with van der Waals surface area (Å²) >= 11 is 0. The lowest BCUT2D eigenvalue weighted by molar-refractivity contribution is -0.130. The molecule has 0 N–H and O–H groups in total. The first kappa shape index (κ1) is 24.7. The van der Waals surface area contributed by atoms with Gasteiger partial charge in [-0.3, -0.25) is 4.79 Å². The first-order chi connectivity index (χ1) is 15.6. The fraction of sp³-hybridized carbons (Fsp3) is 0.417. The molecule has 0 spiro atoms. The van der Waals surface area contributed by atoms with Gasteiger partial charge in [0.2, 0.25) is 15.9 Å². The van der Waals surface area contributed by atoms with Crippen molar-refractivity contribution in [2.75, 3.05) is 34.3 Å². The van der Waals surface area contributed by atoms with Gasteiger partial charge in [0.05, 0.1) is 22.5 Å². The first-order valence-corrected chi connectivity index (χ1v) is 12.4. The summed E-state index contributed by atoms with van der Waals surface area (Å²) in [6.45, 7) is 5.61. The van der Waals surface area contributed by atoms with E-state index >= 15 is 0 Å². The molecular weight excluding hydrogens is 440 g/mol. The van der Waals surface area contributed by atoms with Crippen molar-refractivity contribution in [3.63, 3.8) is 0 Å². The molecule has 0 aliphatic rings. The number of hydrogen-bond donors (Lipinski definition) is 0. The summed E-state index contributed by atoms with van der Waals surface area (Å²) in [5.41, 5.74) is 2.64. The van der Waals surface area contributed by atoms with E-state index in [0.29, 0.717) is 38.1 Å². The van der Waals surface area contributed by atoms with Gasteiger partial charge in [-0.1, -0.05) is 17.7 Å². The number of amides is 1. The van der Waals surface area contributed by atoms with Crippen molar-refractivity contribution in [1.29, 1.82) is 0 Å². The van der Waals surface area contributed by atoms with Crippen molar-refractivity contribution in [1.82, 2.24) is 18.8 Å². The van der Waals surface area contributed by atoms with E-state index in [1.165, 1.54) is 24.0 Å². The van der Waals surface area contributed by atoms with Crippen LogP contribution in [0.2, 0.25) is 0 Å². The number of nitrogens with zero attached hydrogens (tertiary/aromatic N) is 4. The van der Waals surface area contributed by atoms with Crippen molar-refractivity contribution in [2.45, 2.75) is 38.1 Å². The Morgan fingerprint density at radius 3 is 2.42 bits per heavy atom. The number of rotatable bonds is 10. The quantitative estimate of drug-likeness (QED) is 0.453. The van der Waals surface area contributed by atoms with Gasteiger partial charge in [-0.2, -0.15) is 0 Å². The lowest BCUT2D eigenvalue weighted by atomic mass is 10.2. The van der Waals surface area contributed by atoms with E-state index < -0.39 is 10.0 Å². The summed E-state index contributed by atoms with van der Waals surface area (Å²) in [5, 5.41) is 0. The van der Waals surface area contributed by atoms with Crippen LogP contribution >= 0.6 is 0 Å². The molecule has 0 aliphatic heterocycles. The lowest BCUT2D eigenvalue weighted by Crippen LogP contribution is -2.31. The maximum atomic E-state index is 12.6. The van der Waals surface area contributed by atoms with Gasteiger partial charge in [0.15, 0.2) is 0 Å². The molecule has 1 amide bonds. The number of benzene rings is 2. The minimum atomic E-state index is -3.54. The Balaban J connectivity index is 1.63. The molecule has 0 radical (unpaired) electrons. The zero-order chi connectivity index (χ0) is 24.2. The molecule has 0 aliphatic carbocycles. The molecule has 1 aromatic heterocycles. The molecule has 0 saturated carbocycles. The van der Waals surface area contributed by atoms with Crippen LogP contribution in [0.3, 0.4) is 0 Å². The molecular formula is C24H32N4O4S. The molecule has 8 nitrogen and oxygen atoms in total. The average molecular weight is 473 g/mol. The summed E-state index contributed by atoms with van der Waals surface area (Å²) in [4.78, 5) is 19.1. The molecule has 3 rings (SSSR count). The van der Waals surface area contributed by atoms with Crippen molar-refractivity contribution in [3.05, 3.63) is 53.9 Å². The summed E-state index contributed by atoms with van der Waals surface area (Å²) in [7, 11) is 1.24. The van der Waals surface area contributed by atoms with Crippen molar-refractivity contribution in [3.8, 4) is 5.75 Å². The third kappa shape index (κ3) is 5.72. The number of imidazole rings is 1. The minimum absolute atomic E-state index is 0.00749. The number of carbonyl (C=O) groups excluding carboxylic acids is 1. The van der Waals surface area contributed by atoms with Crippen molar-refractivity contribution >= 4 is 27.0 Å².